The third-order valence-electron chi connectivity index (χ3n) is 4.85. The first-order chi connectivity index (χ1) is 18.3. The first-order valence-electron chi connectivity index (χ1n) is 11.1. The van der Waals surface area contributed by atoms with Crippen molar-refractivity contribution in [3.05, 3.63) is 71.5 Å². The lowest BCUT2D eigenvalue weighted by Gasteiger charge is -2.13. The Bertz CT molecular complexity index is 1410. The van der Waals surface area contributed by atoms with E-state index in [2.05, 4.69) is 31.0 Å². The SMILES string of the molecule is CCSc1nnc(NC(=O)CSc2nnc(CNC(=O)c3ccccc3C(F)(F)F)n2-c2ccccc2)s1. The molecule has 4 aromatic rings. The van der Waals surface area contributed by atoms with Gasteiger partial charge in [-0.15, -0.1) is 20.4 Å². The summed E-state index contributed by atoms with van der Waals surface area (Å²) >= 11 is 3.91. The zero-order chi connectivity index (χ0) is 27.1. The van der Waals surface area contributed by atoms with Crippen LogP contribution in [0.3, 0.4) is 0 Å². The fourth-order valence-electron chi connectivity index (χ4n) is 3.26. The molecule has 198 valence electrons. The summed E-state index contributed by atoms with van der Waals surface area (Å²) in [4.78, 5) is 25.1. The van der Waals surface area contributed by atoms with Gasteiger partial charge in [-0.1, -0.05) is 72.1 Å². The highest BCUT2D eigenvalue weighted by Gasteiger charge is 2.34. The minimum atomic E-state index is -4.67. The molecule has 2 amide bonds. The molecule has 15 heteroatoms. The number of carbonyl (C=O) groups excluding carboxylic acids is 2. The standard InChI is InChI=1S/C23H20F3N7O2S3/c1-2-36-22-32-30-20(38-22)28-18(34)13-37-21-31-29-17(33(21)14-8-4-3-5-9-14)12-27-19(35)15-10-6-7-11-16(15)23(24,25)26/h3-11H,2,12-13H2,1H3,(H,27,35)(H,28,30,34). The smallest absolute Gasteiger partial charge is 0.345 e. The maximum atomic E-state index is 13.3. The Hall–Kier alpha value is -3.43. The molecule has 0 spiro atoms. The van der Waals surface area contributed by atoms with Crippen LogP contribution >= 0.6 is 34.9 Å². The molecule has 0 saturated carbocycles. The number of hydrogen-bond donors (Lipinski definition) is 2. The van der Waals surface area contributed by atoms with Gasteiger partial charge in [-0.05, 0) is 30.0 Å². The Morgan fingerprint density at radius 2 is 1.71 bits per heavy atom. The predicted molar refractivity (Wildman–Crippen MR) is 140 cm³/mol. The van der Waals surface area contributed by atoms with Gasteiger partial charge in [0.25, 0.3) is 5.91 Å². The summed E-state index contributed by atoms with van der Waals surface area (Å²) in [6.45, 7) is 1.80. The van der Waals surface area contributed by atoms with Gasteiger partial charge in [0.1, 0.15) is 0 Å². The van der Waals surface area contributed by atoms with Gasteiger partial charge in [-0.25, -0.2) is 0 Å². The molecule has 0 aliphatic heterocycles. The highest BCUT2D eigenvalue weighted by Crippen LogP contribution is 2.32. The minimum Gasteiger partial charge on any atom is -0.345 e. The molecule has 0 aliphatic carbocycles. The van der Waals surface area contributed by atoms with Crippen molar-refractivity contribution in [2.24, 2.45) is 0 Å². The molecule has 0 bridgehead atoms. The molecule has 0 fully saturated rings. The van der Waals surface area contributed by atoms with Gasteiger partial charge < -0.3 is 5.32 Å². The fourth-order valence-corrected chi connectivity index (χ4v) is 5.69. The minimum absolute atomic E-state index is 0.00782. The molecule has 2 heterocycles. The molecule has 2 aromatic carbocycles. The van der Waals surface area contributed by atoms with E-state index in [9.17, 15) is 22.8 Å². The van der Waals surface area contributed by atoms with Gasteiger partial charge in [-0.3, -0.25) is 19.5 Å². The zero-order valence-electron chi connectivity index (χ0n) is 19.7. The second-order valence-electron chi connectivity index (χ2n) is 7.44. The van der Waals surface area contributed by atoms with Crippen LogP contribution in [0.15, 0.2) is 64.1 Å². The van der Waals surface area contributed by atoms with Crippen molar-refractivity contribution in [1.29, 1.82) is 0 Å². The predicted octanol–water partition coefficient (Wildman–Crippen LogP) is 4.91. The van der Waals surface area contributed by atoms with E-state index in [1.165, 1.54) is 35.2 Å². The maximum Gasteiger partial charge on any atom is 0.417 e. The summed E-state index contributed by atoms with van der Waals surface area (Å²) in [5, 5.41) is 22.2. The number of thioether (sulfide) groups is 2. The third-order valence-corrected chi connectivity index (χ3v) is 7.64. The Labute approximate surface area is 227 Å². The van der Waals surface area contributed by atoms with Crippen LogP contribution in [0.4, 0.5) is 18.3 Å². The van der Waals surface area contributed by atoms with Crippen molar-refractivity contribution >= 4 is 51.8 Å². The Morgan fingerprint density at radius 3 is 2.45 bits per heavy atom. The quantitative estimate of drug-likeness (QED) is 0.201. The molecule has 0 unspecified atom stereocenters. The van der Waals surface area contributed by atoms with Crippen molar-refractivity contribution in [3.63, 3.8) is 0 Å². The molecule has 0 aliphatic rings. The summed E-state index contributed by atoms with van der Waals surface area (Å²) in [5.41, 5.74) is -0.861. The second-order valence-corrected chi connectivity index (χ2v) is 10.9. The topological polar surface area (TPSA) is 115 Å². The lowest BCUT2D eigenvalue weighted by molar-refractivity contribution is -0.138. The summed E-state index contributed by atoms with van der Waals surface area (Å²) in [6.07, 6.45) is -4.67. The maximum absolute atomic E-state index is 13.3. The van der Waals surface area contributed by atoms with E-state index in [0.29, 0.717) is 16.0 Å². The number of aromatic nitrogens is 5. The van der Waals surface area contributed by atoms with Gasteiger partial charge in [-0.2, -0.15) is 13.2 Å². The molecule has 4 rings (SSSR count). The fraction of sp³-hybridized carbons (Fsp3) is 0.217. The number of carbonyl (C=O) groups is 2. The van der Waals surface area contributed by atoms with E-state index >= 15 is 0 Å². The normalized spacial score (nSPS) is 11.4. The number of rotatable bonds is 10. The molecule has 38 heavy (non-hydrogen) atoms. The number of anilines is 1. The van der Waals surface area contributed by atoms with Crippen molar-refractivity contribution < 1.29 is 22.8 Å². The van der Waals surface area contributed by atoms with E-state index in [0.717, 1.165) is 34.0 Å². The van der Waals surface area contributed by atoms with Gasteiger partial charge >= 0.3 is 6.18 Å². The monoisotopic (exact) mass is 579 g/mol. The van der Waals surface area contributed by atoms with Crippen molar-refractivity contribution in [3.8, 4) is 5.69 Å². The van der Waals surface area contributed by atoms with Gasteiger partial charge in [0.15, 0.2) is 15.3 Å². The summed E-state index contributed by atoms with van der Waals surface area (Å²) < 4.78 is 42.4. The molecular weight excluding hydrogens is 559 g/mol. The van der Waals surface area contributed by atoms with E-state index < -0.39 is 23.2 Å². The molecule has 0 atom stereocenters. The van der Waals surface area contributed by atoms with Crippen LogP contribution in [0, 0.1) is 0 Å². The number of alkyl halides is 3. The van der Waals surface area contributed by atoms with Crippen LogP contribution in [0.25, 0.3) is 5.69 Å². The zero-order valence-corrected chi connectivity index (χ0v) is 22.2. The number of benzene rings is 2. The summed E-state index contributed by atoms with van der Waals surface area (Å²) in [5.74, 6) is -0.105. The van der Waals surface area contributed by atoms with E-state index in [4.69, 9.17) is 0 Å². The number of amides is 2. The highest BCUT2D eigenvalue weighted by atomic mass is 32.2. The second kappa shape index (κ2) is 12.4. The molecule has 9 nitrogen and oxygen atoms in total. The number of hydrogen-bond acceptors (Lipinski definition) is 9. The van der Waals surface area contributed by atoms with Gasteiger partial charge in [0.2, 0.25) is 11.0 Å². The van der Waals surface area contributed by atoms with Gasteiger partial charge in [0, 0.05) is 5.69 Å². The molecule has 0 saturated heterocycles. The number of nitrogens with one attached hydrogen (secondary N) is 2. The van der Waals surface area contributed by atoms with Crippen LogP contribution in [0.1, 0.15) is 28.7 Å². The molecular formula is C23H20F3N7O2S3. The lowest BCUT2D eigenvalue weighted by atomic mass is 10.1. The van der Waals surface area contributed by atoms with Crippen LogP contribution < -0.4 is 10.6 Å². The first kappa shape index (κ1) is 27.6. The van der Waals surface area contributed by atoms with Crippen LogP contribution in [0.5, 0.6) is 0 Å². The highest BCUT2D eigenvalue weighted by molar-refractivity contribution is 8.01. The van der Waals surface area contributed by atoms with Crippen LogP contribution in [-0.4, -0.2) is 48.3 Å². The van der Waals surface area contributed by atoms with E-state index in [1.54, 1.807) is 28.8 Å². The average Bonchev–Trinajstić information content (AvgIpc) is 3.52. The average molecular weight is 580 g/mol. The Balaban J connectivity index is 1.48. The molecule has 2 N–H and O–H groups in total. The van der Waals surface area contributed by atoms with Crippen LogP contribution in [0.2, 0.25) is 0 Å². The Kier molecular flexibility index (Phi) is 9.01. The summed E-state index contributed by atoms with van der Waals surface area (Å²) in [6, 6.07) is 13.5. The van der Waals surface area contributed by atoms with E-state index in [-0.39, 0.29) is 24.0 Å². The van der Waals surface area contributed by atoms with Crippen molar-refractivity contribution in [1.82, 2.24) is 30.3 Å². The summed E-state index contributed by atoms with van der Waals surface area (Å²) in [7, 11) is 0. The molecule has 0 radical (unpaired) electrons. The lowest BCUT2D eigenvalue weighted by Crippen LogP contribution is -2.27. The van der Waals surface area contributed by atoms with Crippen molar-refractivity contribution in [2.45, 2.75) is 29.1 Å². The van der Waals surface area contributed by atoms with Crippen LogP contribution in [-0.2, 0) is 17.5 Å². The largest absolute Gasteiger partial charge is 0.417 e. The Morgan fingerprint density at radius 1 is 0.974 bits per heavy atom. The van der Waals surface area contributed by atoms with Gasteiger partial charge in [0.05, 0.1) is 23.4 Å². The van der Waals surface area contributed by atoms with Crippen molar-refractivity contribution in [2.75, 3.05) is 16.8 Å². The third kappa shape index (κ3) is 6.90. The molecule has 2 aromatic heterocycles. The number of para-hydroxylation sites is 1. The number of halogens is 3. The van der Waals surface area contributed by atoms with E-state index in [1.807, 2.05) is 13.0 Å². The number of nitrogens with zero attached hydrogens (tertiary/aromatic N) is 5. The first-order valence-corrected chi connectivity index (χ1v) is 13.9.